The first-order valence-corrected chi connectivity index (χ1v) is 8.10. The number of aromatic nitrogens is 4. The highest BCUT2D eigenvalue weighted by molar-refractivity contribution is 5.77. The molecule has 0 amide bonds. The lowest BCUT2D eigenvalue weighted by atomic mass is 10.0. The lowest BCUT2D eigenvalue weighted by Gasteiger charge is -2.24. The number of hydrogen-bond donors (Lipinski definition) is 1. The van der Waals surface area contributed by atoms with Crippen LogP contribution in [0.25, 0.3) is 5.70 Å². The third kappa shape index (κ3) is 3.31. The molecule has 9 heteroatoms. The number of alkyl halides is 2. The highest BCUT2D eigenvalue weighted by Gasteiger charge is 2.26. The number of rotatable bonds is 5. The fourth-order valence-corrected chi connectivity index (χ4v) is 2.97. The van der Waals surface area contributed by atoms with Crippen molar-refractivity contribution in [3.05, 3.63) is 65.7 Å². The van der Waals surface area contributed by atoms with Gasteiger partial charge in [0.2, 0.25) is 5.95 Å². The molecule has 1 aromatic heterocycles. The van der Waals surface area contributed by atoms with Crippen molar-refractivity contribution in [2.75, 3.05) is 12.4 Å². The van der Waals surface area contributed by atoms with Crippen LogP contribution in [-0.4, -0.2) is 33.9 Å². The zero-order chi connectivity index (χ0) is 18.8. The van der Waals surface area contributed by atoms with Gasteiger partial charge in [0.15, 0.2) is 0 Å². The van der Waals surface area contributed by atoms with Gasteiger partial charge in [0.1, 0.15) is 17.5 Å². The Bertz CT molecular complexity index is 972. The summed E-state index contributed by atoms with van der Waals surface area (Å²) in [5.41, 5.74) is 2.42. The van der Waals surface area contributed by atoms with Crippen LogP contribution in [0.15, 0.2) is 54.6 Å². The van der Waals surface area contributed by atoms with E-state index in [4.69, 9.17) is 4.74 Å². The predicted octanol–water partition coefficient (Wildman–Crippen LogP) is 3.34. The summed E-state index contributed by atoms with van der Waals surface area (Å²) in [6, 6.07) is 13.7. The van der Waals surface area contributed by atoms with Gasteiger partial charge in [-0.2, -0.15) is 13.5 Å². The van der Waals surface area contributed by atoms with Crippen LogP contribution in [0.3, 0.4) is 0 Å². The van der Waals surface area contributed by atoms with Gasteiger partial charge in [-0.1, -0.05) is 23.3 Å². The molecule has 4 rings (SSSR count). The average molecular weight is 371 g/mol. The van der Waals surface area contributed by atoms with Crippen LogP contribution < -0.4 is 14.8 Å². The van der Waals surface area contributed by atoms with Gasteiger partial charge >= 0.3 is 6.61 Å². The van der Waals surface area contributed by atoms with Gasteiger partial charge in [-0.25, -0.2) is 0 Å². The van der Waals surface area contributed by atoms with Crippen molar-refractivity contribution >= 4 is 11.6 Å². The maximum absolute atomic E-state index is 12.3. The van der Waals surface area contributed by atoms with Gasteiger partial charge in [-0.05, 0) is 52.4 Å². The number of tetrazole rings is 1. The fraction of sp³-hybridized carbons (Fsp3) is 0.167. The van der Waals surface area contributed by atoms with Gasteiger partial charge in [-0.15, -0.1) is 0 Å². The highest BCUT2D eigenvalue weighted by Crippen LogP contribution is 2.35. The number of benzene rings is 2. The molecule has 0 saturated carbocycles. The molecule has 3 aromatic rings. The Kier molecular flexibility index (Phi) is 4.41. The third-order valence-corrected chi connectivity index (χ3v) is 4.18. The van der Waals surface area contributed by atoms with Crippen molar-refractivity contribution in [2.45, 2.75) is 12.7 Å². The number of para-hydroxylation sites is 1. The second kappa shape index (κ2) is 7.02. The minimum atomic E-state index is -2.86. The number of hydrogen-bond acceptors (Lipinski definition) is 6. The first-order chi connectivity index (χ1) is 13.2. The lowest BCUT2D eigenvalue weighted by Crippen LogP contribution is -2.20. The molecule has 27 heavy (non-hydrogen) atoms. The number of nitrogens with one attached hydrogen (secondary N) is 1. The van der Waals surface area contributed by atoms with Crippen LogP contribution in [-0.2, 0) is 0 Å². The summed E-state index contributed by atoms with van der Waals surface area (Å²) in [5.74, 6) is 1.27. The molecule has 0 saturated heterocycles. The maximum atomic E-state index is 12.3. The molecule has 0 radical (unpaired) electrons. The number of fused-ring (bicyclic) bond motifs is 1. The Labute approximate surface area is 153 Å². The Morgan fingerprint density at radius 3 is 2.63 bits per heavy atom. The zero-order valence-corrected chi connectivity index (χ0v) is 14.2. The lowest BCUT2D eigenvalue weighted by molar-refractivity contribution is -0.0498. The van der Waals surface area contributed by atoms with Gasteiger partial charge in [0.05, 0.1) is 7.11 Å². The number of anilines is 1. The van der Waals surface area contributed by atoms with Gasteiger partial charge < -0.3 is 14.8 Å². The van der Waals surface area contributed by atoms with Crippen LogP contribution in [0.5, 0.6) is 11.5 Å². The van der Waals surface area contributed by atoms with Crippen LogP contribution in [0, 0.1) is 0 Å². The summed E-state index contributed by atoms with van der Waals surface area (Å²) >= 11 is 0. The molecule has 1 atom stereocenters. The van der Waals surface area contributed by atoms with E-state index >= 15 is 0 Å². The molecule has 0 aliphatic carbocycles. The Balaban J connectivity index is 1.73. The standard InChI is InChI=1S/C18H15F2N5O2/c1-26-16-5-3-2-4-13(16)15-10-14(21-18-22-23-24-25(15)18)11-6-8-12(9-7-11)27-17(19)20/h2-10,15,17H,1H3,(H,21,22,24)/t15-/m0/s1. The van der Waals surface area contributed by atoms with E-state index in [1.165, 1.54) is 12.1 Å². The maximum Gasteiger partial charge on any atom is 0.387 e. The van der Waals surface area contributed by atoms with Gasteiger partial charge in [-0.3, -0.25) is 0 Å². The monoisotopic (exact) mass is 371 g/mol. The molecule has 0 fully saturated rings. The predicted molar refractivity (Wildman–Crippen MR) is 93.6 cm³/mol. The first-order valence-electron chi connectivity index (χ1n) is 8.10. The Hall–Kier alpha value is -3.49. The summed E-state index contributed by atoms with van der Waals surface area (Å²) < 4.78 is 36.2. The minimum Gasteiger partial charge on any atom is -0.496 e. The molecule has 1 aliphatic rings. The molecule has 0 spiro atoms. The van der Waals surface area contributed by atoms with Crippen LogP contribution in [0.4, 0.5) is 14.7 Å². The summed E-state index contributed by atoms with van der Waals surface area (Å²) in [6.45, 7) is -2.86. The summed E-state index contributed by atoms with van der Waals surface area (Å²) in [4.78, 5) is 0. The second-order valence-corrected chi connectivity index (χ2v) is 5.74. The van der Waals surface area contributed by atoms with Crippen LogP contribution in [0.2, 0.25) is 0 Å². The molecule has 7 nitrogen and oxygen atoms in total. The molecule has 0 unspecified atom stereocenters. The van der Waals surface area contributed by atoms with Crippen molar-refractivity contribution < 1.29 is 18.3 Å². The quantitative estimate of drug-likeness (QED) is 0.742. The van der Waals surface area contributed by atoms with Crippen molar-refractivity contribution in [3.63, 3.8) is 0 Å². The van der Waals surface area contributed by atoms with Gasteiger partial charge in [0.25, 0.3) is 0 Å². The molecule has 1 N–H and O–H groups in total. The van der Waals surface area contributed by atoms with E-state index in [0.717, 1.165) is 16.8 Å². The van der Waals surface area contributed by atoms with Crippen LogP contribution in [0.1, 0.15) is 17.2 Å². The number of nitrogens with zero attached hydrogens (tertiary/aromatic N) is 4. The number of methoxy groups -OCH3 is 1. The van der Waals surface area contributed by atoms with E-state index in [-0.39, 0.29) is 11.8 Å². The molecular weight excluding hydrogens is 356 g/mol. The third-order valence-electron chi connectivity index (χ3n) is 4.18. The number of halogens is 2. The molecule has 1 aliphatic heterocycles. The number of allylic oxidation sites excluding steroid dienone is 1. The smallest absolute Gasteiger partial charge is 0.387 e. The van der Waals surface area contributed by atoms with E-state index in [2.05, 4.69) is 25.6 Å². The SMILES string of the molecule is COc1ccccc1[C@@H]1C=C(c2ccc(OC(F)F)cc2)Nc2nnnn21. The summed E-state index contributed by atoms with van der Waals surface area (Å²) in [6.07, 6.45) is 1.95. The van der Waals surface area contributed by atoms with E-state index in [9.17, 15) is 8.78 Å². The van der Waals surface area contributed by atoms with Crippen LogP contribution >= 0.6 is 0 Å². The minimum absolute atomic E-state index is 0.0938. The van der Waals surface area contributed by atoms with Crippen molar-refractivity contribution in [3.8, 4) is 11.5 Å². The molecule has 2 heterocycles. The molecular formula is C18H15F2N5O2. The van der Waals surface area contributed by atoms with E-state index in [1.807, 2.05) is 30.3 Å². The average Bonchev–Trinajstić information content (AvgIpc) is 3.16. The molecule has 0 bridgehead atoms. The Morgan fingerprint density at radius 1 is 1.11 bits per heavy atom. The molecule has 138 valence electrons. The van der Waals surface area contributed by atoms with E-state index in [0.29, 0.717) is 11.7 Å². The van der Waals surface area contributed by atoms with E-state index in [1.54, 1.807) is 23.9 Å². The van der Waals surface area contributed by atoms with Crippen molar-refractivity contribution in [1.82, 2.24) is 20.2 Å². The van der Waals surface area contributed by atoms with E-state index < -0.39 is 6.61 Å². The number of ether oxygens (including phenoxy) is 2. The zero-order valence-electron chi connectivity index (χ0n) is 14.2. The topological polar surface area (TPSA) is 74.1 Å². The van der Waals surface area contributed by atoms with Crippen molar-refractivity contribution in [2.24, 2.45) is 0 Å². The fourth-order valence-electron chi connectivity index (χ4n) is 2.97. The summed E-state index contributed by atoms with van der Waals surface area (Å²) in [5, 5.41) is 14.9. The molecule has 2 aromatic carbocycles. The normalized spacial score (nSPS) is 15.7. The Morgan fingerprint density at radius 2 is 1.89 bits per heavy atom. The summed E-state index contributed by atoms with van der Waals surface area (Å²) in [7, 11) is 1.60. The first kappa shape index (κ1) is 17.0. The highest BCUT2D eigenvalue weighted by atomic mass is 19.3. The van der Waals surface area contributed by atoms with Gasteiger partial charge in [0, 0.05) is 11.3 Å². The van der Waals surface area contributed by atoms with Crippen molar-refractivity contribution in [1.29, 1.82) is 0 Å². The largest absolute Gasteiger partial charge is 0.496 e. The second-order valence-electron chi connectivity index (χ2n) is 5.74.